The maximum absolute atomic E-state index is 13.9. The molecule has 0 saturated heterocycles. The van der Waals surface area contributed by atoms with Gasteiger partial charge < -0.3 is 15.2 Å². The molecule has 0 aliphatic carbocycles. The summed E-state index contributed by atoms with van der Waals surface area (Å²) < 4.78 is 51.8. The molecule has 0 radical (unpaired) electrons. The van der Waals surface area contributed by atoms with Crippen LogP contribution < -0.4 is 10.5 Å². The van der Waals surface area contributed by atoms with Gasteiger partial charge >= 0.3 is 6.09 Å². The van der Waals surface area contributed by atoms with Crippen molar-refractivity contribution in [2.24, 2.45) is 5.73 Å². The highest BCUT2D eigenvalue weighted by molar-refractivity contribution is 7.99. The van der Waals surface area contributed by atoms with E-state index in [0.717, 1.165) is 16.5 Å². The second-order valence-electron chi connectivity index (χ2n) is 7.97. The van der Waals surface area contributed by atoms with E-state index in [2.05, 4.69) is 4.74 Å². The number of thioether (sulfide) groups is 1. The SMILES string of the molecule is CC(C)N(C(C)C)S(=O)(=O)c1ccc(COc2ccccc2SCC(F)=CCOC(N)=O)cc1. The Hall–Kier alpha value is -2.56. The Kier molecular flexibility index (Phi) is 10.4. The molecule has 0 atom stereocenters. The zero-order valence-electron chi connectivity index (χ0n) is 19.7. The molecule has 0 fully saturated rings. The summed E-state index contributed by atoms with van der Waals surface area (Å²) in [7, 11) is -3.60. The van der Waals surface area contributed by atoms with Gasteiger partial charge in [0.15, 0.2) is 0 Å². The van der Waals surface area contributed by atoms with E-state index in [1.165, 1.54) is 16.1 Å². The molecule has 2 aromatic rings. The maximum Gasteiger partial charge on any atom is 0.404 e. The maximum atomic E-state index is 13.9. The van der Waals surface area contributed by atoms with Gasteiger partial charge in [-0.05, 0) is 63.6 Å². The molecular weight excluding hydrogens is 479 g/mol. The first kappa shape index (κ1) is 27.7. The number of carbonyl (C=O) groups is 1. The number of nitrogens with zero attached hydrogens (tertiary/aromatic N) is 1. The van der Waals surface area contributed by atoms with Crippen molar-refractivity contribution in [3.05, 3.63) is 66.0 Å². The number of amides is 1. The smallest absolute Gasteiger partial charge is 0.404 e. The van der Waals surface area contributed by atoms with Crippen LogP contribution in [0, 0.1) is 0 Å². The molecule has 0 saturated carbocycles. The van der Waals surface area contributed by atoms with Crippen molar-refractivity contribution >= 4 is 27.9 Å². The second-order valence-corrected chi connectivity index (χ2v) is 10.8. The summed E-state index contributed by atoms with van der Waals surface area (Å²) in [6.45, 7) is 7.41. The van der Waals surface area contributed by atoms with Crippen molar-refractivity contribution < 1.29 is 27.1 Å². The average Bonchev–Trinajstić information content (AvgIpc) is 2.76. The summed E-state index contributed by atoms with van der Waals surface area (Å²) >= 11 is 1.24. The van der Waals surface area contributed by atoms with Crippen LogP contribution in [0.5, 0.6) is 5.75 Å². The van der Waals surface area contributed by atoms with Gasteiger partial charge in [0.25, 0.3) is 0 Å². The lowest BCUT2D eigenvalue weighted by Crippen LogP contribution is -2.41. The number of ether oxygens (including phenoxy) is 2. The third-order valence-electron chi connectivity index (χ3n) is 4.66. The van der Waals surface area contributed by atoms with Gasteiger partial charge in [0.1, 0.15) is 24.8 Å². The van der Waals surface area contributed by atoms with E-state index in [1.807, 2.05) is 45.9 Å². The summed E-state index contributed by atoms with van der Waals surface area (Å²) in [5, 5.41) is 0. The summed E-state index contributed by atoms with van der Waals surface area (Å²) in [4.78, 5) is 11.5. The number of carbonyl (C=O) groups excluding carboxylic acids is 1. The molecule has 0 spiro atoms. The predicted molar refractivity (Wildman–Crippen MR) is 132 cm³/mol. The molecule has 0 unspecified atom stereocenters. The van der Waals surface area contributed by atoms with Gasteiger partial charge in [-0.3, -0.25) is 0 Å². The first-order chi connectivity index (χ1) is 16.0. The predicted octanol–water partition coefficient (Wildman–Crippen LogP) is 5.11. The highest BCUT2D eigenvalue weighted by atomic mass is 32.2. The third-order valence-corrected chi connectivity index (χ3v) is 7.99. The molecule has 186 valence electrons. The monoisotopic (exact) mass is 510 g/mol. The Bertz CT molecular complexity index is 1080. The minimum atomic E-state index is -3.60. The first-order valence-corrected chi connectivity index (χ1v) is 13.2. The lowest BCUT2D eigenvalue weighted by molar-refractivity contribution is 0.168. The van der Waals surface area contributed by atoms with Crippen LogP contribution in [0.15, 0.2) is 70.2 Å². The van der Waals surface area contributed by atoms with Gasteiger partial charge in [0, 0.05) is 17.0 Å². The molecule has 34 heavy (non-hydrogen) atoms. The van der Waals surface area contributed by atoms with E-state index in [1.54, 1.807) is 30.3 Å². The number of hydrogen-bond donors (Lipinski definition) is 1. The standard InChI is InChI=1S/C24H31FN2O5S2/c1-17(2)27(18(3)4)34(29,30)21-11-9-19(10-12-21)15-32-22-7-5-6-8-23(22)33-16-20(25)13-14-31-24(26)28/h5-13,17-18H,14-16H2,1-4H3,(H2,26,28). The molecule has 2 rings (SSSR count). The topological polar surface area (TPSA) is 98.9 Å². The van der Waals surface area contributed by atoms with E-state index in [4.69, 9.17) is 10.5 Å². The Morgan fingerprint density at radius 1 is 1.09 bits per heavy atom. The van der Waals surface area contributed by atoms with Crippen LogP contribution in [0.1, 0.15) is 33.3 Å². The normalized spacial score (nSPS) is 12.4. The lowest BCUT2D eigenvalue weighted by atomic mass is 10.2. The van der Waals surface area contributed by atoms with Gasteiger partial charge in [-0.1, -0.05) is 24.3 Å². The summed E-state index contributed by atoms with van der Waals surface area (Å²) in [6.07, 6.45) is 0.189. The lowest BCUT2D eigenvalue weighted by Gasteiger charge is -2.29. The quantitative estimate of drug-likeness (QED) is 0.398. The van der Waals surface area contributed by atoms with Gasteiger partial charge in [-0.15, -0.1) is 11.8 Å². The molecule has 0 bridgehead atoms. The Balaban J connectivity index is 2.03. The Morgan fingerprint density at radius 2 is 1.71 bits per heavy atom. The van der Waals surface area contributed by atoms with Gasteiger partial charge in [0.2, 0.25) is 10.0 Å². The summed E-state index contributed by atoms with van der Waals surface area (Å²) in [5.74, 6) is 0.169. The Morgan fingerprint density at radius 3 is 2.29 bits per heavy atom. The van der Waals surface area contributed by atoms with Crippen LogP contribution in [-0.2, 0) is 21.4 Å². The molecular formula is C24H31FN2O5S2. The van der Waals surface area contributed by atoms with E-state index in [0.29, 0.717) is 5.75 Å². The van der Waals surface area contributed by atoms with Crippen molar-refractivity contribution in [3.63, 3.8) is 0 Å². The molecule has 0 aromatic heterocycles. The first-order valence-electron chi connectivity index (χ1n) is 10.8. The third kappa shape index (κ3) is 8.03. The van der Waals surface area contributed by atoms with Crippen molar-refractivity contribution in [2.75, 3.05) is 12.4 Å². The molecule has 7 nitrogen and oxygen atoms in total. The summed E-state index contributed by atoms with van der Waals surface area (Å²) in [5.41, 5.74) is 5.64. The largest absolute Gasteiger partial charge is 0.488 e. The number of rotatable bonds is 12. The number of nitrogens with two attached hydrogens (primary N) is 1. The van der Waals surface area contributed by atoms with Gasteiger partial charge in [-0.2, -0.15) is 4.31 Å². The number of hydrogen-bond acceptors (Lipinski definition) is 6. The highest BCUT2D eigenvalue weighted by Gasteiger charge is 2.29. The van der Waals surface area contributed by atoms with Crippen molar-refractivity contribution in [1.29, 1.82) is 0 Å². The fraction of sp³-hybridized carbons (Fsp3) is 0.375. The van der Waals surface area contributed by atoms with Crippen LogP contribution in [0.4, 0.5) is 9.18 Å². The number of benzene rings is 2. The van der Waals surface area contributed by atoms with Crippen LogP contribution in [0.25, 0.3) is 0 Å². The average molecular weight is 511 g/mol. The van der Waals surface area contributed by atoms with Crippen molar-refractivity contribution in [3.8, 4) is 5.75 Å². The fourth-order valence-corrected chi connectivity index (χ4v) is 5.99. The zero-order chi connectivity index (χ0) is 25.3. The molecule has 10 heteroatoms. The van der Waals surface area contributed by atoms with E-state index in [-0.39, 0.29) is 35.9 Å². The van der Waals surface area contributed by atoms with Crippen LogP contribution in [0.2, 0.25) is 0 Å². The van der Waals surface area contributed by atoms with Crippen LogP contribution in [0.3, 0.4) is 0 Å². The second kappa shape index (κ2) is 12.8. The van der Waals surface area contributed by atoms with Crippen molar-refractivity contribution in [2.45, 2.75) is 56.2 Å². The van der Waals surface area contributed by atoms with Crippen LogP contribution >= 0.6 is 11.8 Å². The fourth-order valence-electron chi connectivity index (χ4n) is 3.30. The number of para-hydroxylation sites is 1. The van der Waals surface area contributed by atoms with Crippen LogP contribution in [-0.4, -0.2) is 43.3 Å². The van der Waals surface area contributed by atoms with E-state index < -0.39 is 21.9 Å². The number of primary amides is 1. The molecule has 2 N–H and O–H groups in total. The molecule has 0 aliphatic heterocycles. The molecule has 0 heterocycles. The number of sulfonamides is 1. The molecule has 2 aromatic carbocycles. The highest BCUT2D eigenvalue weighted by Crippen LogP contribution is 2.31. The van der Waals surface area contributed by atoms with E-state index >= 15 is 0 Å². The molecule has 0 aliphatic rings. The Labute approximate surface area is 205 Å². The van der Waals surface area contributed by atoms with E-state index in [9.17, 15) is 17.6 Å². The van der Waals surface area contributed by atoms with Gasteiger partial charge in [0.05, 0.1) is 10.6 Å². The number of halogens is 1. The zero-order valence-corrected chi connectivity index (χ0v) is 21.4. The summed E-state index contributed by atoms with van der Waals surface area (Å²) in [6, 6.07) is 13.5. The minimum Gasteiger partial charge on any atom is -0.488 e. The minimum absolute atomic E-state index is 0.0389. The van der Waals surface area contributed by atoms with Gasteiger partial charge in [-0.25, -0.2) is 17.6 Å². The van der Waals surface area contributed by atoms with Crippen molar-refractivity contribution in [1.82, 2.24) is 4.31 Å². The molecule has 1 amide bonds.